The second kappa shape index (κ2) is 6.55. The van der Waals surface area contributed by atoms with Gasteiger partial charge in [-0.05, 0) is 37.6 Å². The van der Waals surface area contributed by atoms with Crippen molar-refractivity contribution in [2.45, 2.75) is 25.9 Å². The van der Waals surface area contributed by atoms with Gasteiger partial charge < -0.3 is 5.11 Å². The zero-order valence-electron chi connectivity index (χ0n) is 12.7. The summed E-state index contributed by atoms with van der Waals surface area (Å²) in [4.78, 5) is 13.3. The van der Waals surface area contributed by atoms with Crippen molar-refractivity contribution in [1.29, 1.82) is 0 Å². The van der Waals surface area contributed by atoms with Crippen LogP contribution >= 0.6 is 0 Å². The largest absolute Gasteiger partial charge is 0.480 e. The van der Waals surface area contributed by atoms with Gasteiger partial charge in [0, 0.05) is 0 Å². The number of nitrogens with zero attached hydrogens (tertiary/aromatic N) is 1. The first kappa shape index (κ1) is 15.3. The number of hydrogen-bond acceptors (Lipinski definition) is 2. The first-order valence-electron chi connectivity index (χ1n) is 7.07. The number of rotatable bonds is 5. The van der Waals surface area contributed by atoms with Gasteiger partial charge in [0.2, 0.25) is 0 Å². The van der Waals surface area contributed by atoms with E-state index in [9.17, 15) is 9.90 Å². The standard InChI is InChI=1S/C18H21NO2/c1-13-9-7-8-12-16(13)17(15-10-5-4-6-11-15)19(3)14(2)18(20)21/h4-12,14,17H,1-3H3,(H,20,21). The molecule has 0 heterocycles. The van der Waals surface area contributed by atoms with Gasteiger partial charge in [-0.3, -0.25) is 9.69 Å². The molecule has 0 radical (unpaired) electrons. The quantitative estimate of drug-likeness (QED) is 0.913. The Hall–Kier alpha value is -2.13. The Labute approximate surface area is 125 Å². The van der Waals surface area contributed by atoms with E-state index in [1.165, 1.54) is 0 Å². The van der Waals surface area contributed by atoms with E-state index in [2.05, 4.69) is 19.1 Å². The van der Waals surface area contributed by atoms with Crippen molar-refractivity contribution < 1.29 is 9.90 Å². The zero-order chi connectivity index (χ0) is 15.4. The maximum atomic E-state index is 11.4. The lowest BCUT2D eigenvalue weighted by Gasteiger charge is -2.32. The lowest BCUT2D eigenvalue weighted by molar-refractivity contribution is -0.142. The summed E-state index contributed by atoms with van der Waals surface area (Å²) in [5.41, 5.74) is 3.40. The van der Waals surface area contributed by atoms with Crippen LogP contribution in [0.4, 0.5) is 0 Å². The van der Waals surface area contributed by atoms with Crippen LogP contribution in [0.2, 0.25) is 0 Å². The molecule has 2 unspecified atom stereocenters. The molecular weight excluding hydrogens is 262 g/mol. The molecule has 21 heavy (non-hydrogen) atoms. The molecule has 2 aromatic carbocycles. The van der Waals surface area contributed by atoms with Crippen LogP contribution in [0.5, 0.6) is 0 Å². The molecule has 0 aromatic heterocycles. The highest BCUT2D eigenvalue weighted by Crippen LogP contribution is 2.31. The minimum atomic E-state index is -0.813. The van der Waals surface area contributed by atoms with Crippen molar-refractivity contribution in [3.05, 3.63) is 71.3 Å². The summed E-state index contributed by atoms with van der Waals surface area (Å²) in [6, 6.07) is 17.5. The van der Waals surface area contributed by atoms with Gasteiger partial charge in [-0.25, -0.2) is 0 Å². The van der Waals surface area contributed by atoms with Crippen LogP contribution in [0, 0.1) is 6.92 Å². The molecule has 2 aromatic rings. The van der Waals surface area contributed by atoms with Crippen molar-refractivity contribution in [3.8, 4) is 0 Å². The molecule has 0 aliphatic heterocycles. The highest BCUT2D eigenvalue weighted by atomic mass is 16.4. The van der Waals surface area contributed by atoms with Crippen LogP contribution in [-0.4, -0.2) is 29.1 Å². The maximum absolute atomic E-state index is 11.4. The molecule has 0 amide bonds. The van der Waals surface area contributed by atoms with E-state index in [0.29, 0.717) is 0 Å². The van der Waals surface area contributed by atoms with Crippen LogP contribution in [0.3, 0.4) is 0 Å². The maximum Gasteiger partial charge on any atom is 0.320 e. The smallest absolute Gasteiger partial charge is 0.320 e. The third-order valence-corrected chi connectivity index (χ3v) is 3.97. The van der Waals surface area contributed by atoms with Crippen molar-refractivity contribution in [3.63, 3.8) is 0 Å². The van der Waals surface area contributed by atoms with Gasteiger partial charge in [-0.1, -0.05) is 54.6 Å². The summed E-state index contributed by atoms with van der Waals surface area (Å²) in [7, 11) is 1.86. The summed E-state index contributed by atoms with van der Waals surface area (Å²) in [5, 5.41) is 9.32. The molecule has 2 atom stereocenters. The molecule has 0 bridgehead atoms. The summed E-state index contributed by atoms with van der Waals surface area (Å²) in [5.74, 6) is -0.813. The predicted octanol–water partition coefficient (Wildman–Crippen LogP) is 3.49. The van der Waals surface area contributed by atoms with Crippen molar-refractivity contribution in [1.82, 2.24) is 4.90 Å². The summed E-state index contributed by atoms with van der Waals surface area (Å²) >= 11 is 0. The molecular formula is C18H21NO2. The predicted molar refractivity (Wildman–Crippen MR) is 84.3 cm³/mol. The molecule has 0 saturated carbocycles. The Morgan fingerprint density at radius 1 is 1.05 bits per heavy atom. The fraction of sp³-hybridized carbons (Fsp3) is 0.278. The third kappa shape index (κ3) is 3.31. The van der Waals surface area contributed by atoms with E-state index >= 15 is 0 Å². The van der Waals surface area contributed by atoms with E-state index in [0.717, 1.165) is 16.7 Å². The normalized spacial score (nSPS) is 13.9. The highest BCUT2D eigenvalue weighted by Gasteiger charge is 2.27. The second-order valence-electron chi connectivity index (χ2n) is 5.35. The highest BCUT2D eigenvalue weighted by molar-refractivity contribution is 5.73. The van der Waals surface area contributed by atoms with E-state index in [1.807, 2.05) is 54.4 Å². The van der Waals surface area contributed by atoms with Crippen LogP contribution in [-0.2, 0) is 4.79 Å². The fourth-order valence-electron chi connectivity index (χ4n) is 2.56. The van der Waals surface area contributed by atoms with Crippen molar-refractivity contribution >= 4 is 5.97 Å². The Bertz CT molecular complexity index is 610. The van der Waals surface area contributed by atoms with Gasteiger partial charge in [0.1, 0.15) is 6.04 Å². The Balaban J connectivity index is 2.50. The number of benzene rings is 2. The van der Waals surface area contributed by atoms with Crippen molar-refractivity contribution in [2.24, 2.45) is 0 Å². The Morgan fingerprint density at radius 2 is 1.62 bits per heavy atom. The lowest BCUT2D eigenvalue weighted by atomic mass is 9.93. The van der Waals surface area contributed by atoms with Crippen LogP contribution in [0.25, 0.3) is 0 Å². The first-order chi connectivity index (χ1) is 10.0. The molecule has 110 valence electrons. The van der Waals surface area contributed by atoms with Gasteiger partial charge >= 0.3 is 5.97 Å². The first-order valence-corrected chi connectivity index (χ1v) is 7.07. The van der Waals surface area contributed by atoms with E-state index in [4.69, 9.17) is 0 Å². The minimum absolute atomic E-state index is 0.0708. The number of aliphatic carboxylic acids is 1. The number of hydrogen-bond donors (Lipinski definition) is 1. The summed E-state index contributed by atoms with van der Waals surface area (Å²) < 4.78 is 0. The topological polar surface area (TPSA) is 40.5 Å². The van der Waals surface area contributed by atoms with Gasteiger partial charge in [0.15, 0.2) is 0 Å². The van der Waals surface area contributed by atoms with Crippen LogP contribution < -0.4 is 0 Å². The van der Waals surface area contributed by atoms with Gasteiger partial charge in [0.25, 0.3) is 0 Å². The summed E-state index contributed by atoms with van der Waals surface area (Å²) in [6.07, 6.45) is 0. The molecule has 0 spiro atoms. The number of carbonyl (C=O) groups is 1. The summed E-state index contributed by atoms with van der Waals surface area (Å²) in [6.45, 7) is 3.78. The molecule has 3 nitrogen and oxygen atoms in total. The van der Waals surface area contributed by atoms with Crippen LogP contribution in [0.1, 0.15) is 29.7 Å². The van der Waals surface area contributed by atoms with E-state index in [-0.39, 0.29) is 6.04 Å². The molecule has 0 fully saturated rings. The average molecular weight is 283 g/mol. The fourth-order valence-corrected chi connectivity index (χ4v) is 2.56. The molecule has 1 N–H and O–H groups in total. The van der Waals surface area contributed by atoms with Crippen molar-refractivity contribution in [2.75, 3.05) is 7.05 Å². The molecule has 0 saturated heterocycles. The number of likely N-dealkylation sites (N-methyl/N-ethyl adjacent to an activating group) is 1. The molecule has 0 aliphatic carbocycles. The average Bonchev–Trinajstić information content (AvgIpc) is 2.49. The second-order valence-corrected chi connectivity index (χ2v) is 5.35. The number of aryl methyl sites for hydroxylation is 1. The molecule has 2 rings (SSSR count). The molecule has 3 heteroatoms. The number of carboxylic acids is 1. The monoisotopic (exact) mass is 283 g/mol. The van der Waals surface area contributed by atoms with Gasteiger partial charge in [-0.2, -0.15) is 0 Å². The van der Waals surface area contributed by atoms with Gasteiger partial charge in [-0.15, -0.1) is 0 Å². The van der Waals surface area contributed by atoms with E-state index < -0.39 is 12.0 Å². The van der Waals surface area contributed by atoms with Crippen LogP contribution in [0.15, 0.2) is 54.6 Å². The zero-order valence-corrected chi connectivity index (χ0v) is 12.7. The third-order valence-electron chi connectivity index (χ3n) is 3.97. The number of carboxylic acid groups (broad SMARTS) is 1. The SMILES string of the molecule is Cc1ccccc1C(c1ccccc1)N(C)C(C)C(=O)O. The van der Waals surface area contributed by atoms with Gasteiger partial charge in [0.05, 0.1) is 6.04 Å². The Morgan fingerprint density at radius 3 is 2.19 bits per heavy atom. The minimum Gasteiger partial charge on any atom is -0.480 e. The van der Waals surface area contributed by atoms with E-state index in [1.54, 1.807) is 6.92 Å². The molecule has 0 aliphatic rings. The lowest BCUT2D eigenvalue weighted by Crippen LogP contribution is -2.39. The Kier molecular flexibility index (Phi) is 4.76.